The quantitative estimate of drug-likeness (QED) is 0.630. The van der Waals surface area contributed by atoms with Crippen LogP contribution in [-0.4, -0.2) is 42.4 Å². The second-order valence-corrected chi connectivity index (χ2v) is 6.56. The third kappa shape index (κ3) is 4.07. The number of nitrogens with one attached hydrogen (secondary N) is 2. The van der Waals surface area contributed by atoms with Crippen LogP contribution >= 0.6 is 0 Å². The Hall–Kier alpha value is -2.64. The van der Waals surface area contributed by atoms with Crippen molar-refractivity contribution in [3.8, 4) is 0 Å². The summed E-state index contributed by atoms with van der Waals surface area (Å²) in [5, 5.41) is 16.9. The number of anilines is 1. The molecule has 2 aliphatic heterocycles. The molecule has 0 bridgehead atoms. The van der Waals surface area contributed by atoms with E-state index in [1.54, 1.807) is 18.2 Å². The minimum absolute atomic E-state index is 0.00144. The van der Waals surface area contributed by atoms with Crippen molar-refractivity contribution in [1.82, 2.24) is 10.6 Å². The zero-order valence-electron chi connectivity index (χ0n) is 13.9. The van der Waals surface area contributed by atoms with Gasteiger partial charge in [0.15, 0.2) is 0 Å². The molecule has 0 radical (unpaired) electrons. The largest absolute Gasteiger partial charge is 0.366 e. The molecule has 2 fully saturated rings. The standard InChI is InChI=1S/C17H22N4O4/c22-16-6-5-13(11-18-16)19-17(23)12-7-9-20(10-8-12)14-3-1-2-4-15(14)21(24)25/h1-4,12-13H,5-11H2,(H,18,22)(H,19,23)/t13-/m0/s1. The molecule has 0 aromatic heterocycles. The zero-order valence-corrected chi connectivity index (χ0v) is 13.9. The van der Waals surface area contributed by atoms with Crippen molar-refractivity contribution >= 4 is 23.2 Å². The Labute approximate surface area is 145 Å². The summed E-state index contributed by atoms with van der Waals surface area (Å²) in [6.07, 6.45) is 2.45. The lowest BCUT2D eigenvalue weighted by Gasteiger charge is -2.33. The summed E-state index contributed by atoms with van der Waals surface area (Å²) < 4.78 is 0. The highest BCUT2D eigenvalue weighted by molar-refractivity contribution is 5.80. The van der Waals surface area contributed by atoms with E-state index in [0.29, 0.717) is 51.0 Å². The highest BCUT2D eigenvalue weighted by Gasteiger charge is 2.29. The number of hydrogen-bond donors (Lipinski definition) is 2. The van der Waals surface area contributed by atoms with Gasteiger partial charge in [0.05, 0.1) is 4.92 Å². The number of hydrogen-bond acceptors (Lipinski definition) is 5. The van der Waals surface area contributed by atoms with Crippen molar-refractivity contribution in [2.75, 3.05) is 24.5 Å². The maximum absolute atomic E-state index is 12.4. The topological polar surface area (TPSA) is 105 Å². The van der Waals surface area contributed by atoms with Gasteiger partial charge in [-0.2, -0.15) is 0 Å². The molecule has 8 nitrogen and oxygen atoms in total. The van der Waals surface area contributed by atoms with Crippen LogP contribution in [0, 0.1) is 16.0 Å². The Morgan fingerprint density at radius 3 is 2.60 bits per heavy atom. The fourth-order valence-corrected chi connectivity index (χ4v) is 3.44. The van der Waals surface area contributed by atoms with Crippen LogP contribution in [0.4, 0.5) is 11.4 Å². The van der Waals surface area contributed by atoms with E-state index in [0.717, 1.165) is 0 Å². The van der Waals surface area contributed by atoms with Gasteiger partial charge in [-0.25, -0.2) is 0 Å². The van der Waals surface area contributed by atoms with Crippen LogP contribution in [0.25, 0.3) is 0 Å². The van der Waals surface area contributed by atoms with Crippen molar-refractivity contribution in [3.05, 3.63) is 34.4 Å². The van der Waals surface area contributed by atoms with E-state index in [1.807, 2.05) is 4.90 Å². The first-order chi connectivity index (χ1) is 12.0. The fraction of sp³-hybridized carbons (Fsp3) is 0.529. The van der Waals surface area contributed by atoms with Gasteiger partial charge in [-0.15, -0.1) is 0 Å². The normalized spacial score (nSPS) is 21.5. The summed E-state index contributed by atoms with van der Waals surface area (Å²) in [6, 6.07) is 6.70. The average molecular weight is 346 g/mol. The monoisotopic (exact) mass is 346 g/mol. The molecule has 2 N–H and O–H groups in total. The molecule has 0 saturated carbocycles. The van der Waals surface area contributed by atoms with Crippen LogP contribution in [-0.2, 0) is 9.59 Å². The number of carbonyl (C=O) groups is 2. The van der Waals surface area contributed by atoms with E-state index in [9.17, 15) is 19.7 Å². The van der Waals surface area contributed by atoms with Crippen molar-refractivity contribution in [3.63, 3.8) is 0 Å². The van der Waals surface area contributed by atoms with Gasteiger partial charge in [0.1, 0.15) is 5.69 Å². The number of carbonyl (C=O) groups excluding carboxylic acids is 2. The van der Waals surface area contributed by atoms with Gasteiger partial charge in [-0.3, -0.25) is 19.7 Å². The second-order valence-electron chi connectivity index (χ2n) is 6.56. The van der Waals surface area contributed by atoms with Gasteiger partial charge in [-0.1, -0.05) is 12.1 Å². The number of para-hydroxylation sites is 2. The van der Waals surface area contributed by atoms with Crippen LogP contribution in [0.15, 0.2) is 24.3 Å². The maximum atomic E-state index is 12.4. The summed E-state index contributed by atoms with van der Waals surface area (Å²) in [7, 11) is 0. The van der Waals surface area contributed by atoms with Crippen LogP contribution in [0.5, 0.6) is 0 Å². The van der Waals surface area contributed by atoms with Crippen molar-refractivity contribution in [2.24, 2.45) is 5.92 Å². The van der Waals surface area contributed by atoms with Crippen LogP contribution in [0.2, 0.25) is 0 Å². The molecular weight excluding hydrogens is 324 g/mol. The summed E-state index contributed by atoms with van der Waals surface area (Å²) >= 11 is 0. The third-order valence-corrected chi connectivity index (χ3v) is 4.90. The minimum Gasteiger partial charge on any atom is -0.366 e. The summed E-state index contributed by atoms with van der Waals surface area (Å²) in [5.41, 5.74) is 0.713. The van der Waals surface area contributed by atoms with Gasteiger partial charge in [0.2, 0.25) is 11.8 Å². The van der Waals surface area contributed by atoms with Gasteiger partial charge in [-0.05, 0) is 25.3 Å². The van der Waals surface area contributed by atoms with Crippen molar-refractivity contribution < 1.29 is 14.5 Å². The highest BCUT2D eigenvalue weighted by atomic mass is 16.6. The fourth-order valence-electron chi connectivity index (χ4n) is 3.44. The number of nitro groups is 1. The average Bonchev–Trinajstić information content (AvgIpc) is 2.63. The number of nitro benzene ring substituents is 1. The van der Waals surface area contributed by atoms with E-state index in [1.165, 1.54) is 6.07 Å². The summed E-state index contributed by atoms with van der Waals surface area (Å²) in [5.74, 6) is -0.0386. The van der Waals surface area contributed by atoms with Crippen molar-refractivity contribution in [1.29, 1.82) is 0 Å². The molecule has 2 aliphatic rings. The lowest BCUT2D eigenvalue weighted by Crippen LogP contribution is -2.50. The molecule has 2 heterocycles. The lowest BCUT2D eigenvalue weighted by molar-refractivity contribution is -0.384. The Balaban J connectivity index is 1.54. The zero-order chi connectivity index (χ0) is 17.8. The van der Waals surface area contributed by atoms with Gasteiger partial charge in [0.25, 0.3) is 5.69 Å². The van der Waals surface area contributed by atoms with Crippen LogP contribution in [0.3, 0.4) is 0 Å². The Bertz CT molecular complexity index is 660. The Kier molecular flexibility index (Phi) is 5.16. The summed E-state index contributed by atoms with van der Waals surface area (Å²) in [6.45, 7) is 1.72. The first kappa shape index (κ1) is 17.2. The predicted molar refractivity (Wildman–Crippen MR) is 92.2 cm³/mol. The molecule has 134 valence electrons. The number of benzene rings is 1. The van der Waals surface area contributed by atoms with Gasteiger partial charge >= 0.3 is 0 Å². The Morgan fingerprint density at radius 2 is 1.96 bits per heavy atom. The molecule has 0 unspecified atom stereocenters. The molecule has 1 aromatic carbocycles. The molecule has 2 saturated heterocycles. The molecule has 2 amide bonds. The molecular formula is C17H22N4O4. The first-order valence-electron chi connectivity index (χ1n) is 8.60. The number of piperidine rings is 2. The number of rotatable bonds is 4. The highest BCUT2D eigenvalue weighted by Crippen LogP contribution is 2.31. The lowest BCUT2D eigenvalue weighted by atomic mass is 9.94. The Morgan fingerprint density at radius 1 is 1.24 bits per heavy atom. The van der Waals surface area contributed by atoms with E-state index in [-0.39, 0.29) is 34.4 Å². The summed E-state index contributed by atoms with van der Waals surface area (Å²) in [4.78, 5) is 36.4. The molecule has 1 aromatic rings. The van der Waals surface area contributed by atoms with E-state index in [4.69, 9.17) is 0 Å². The maximum Gasteiger partial charge on any atom is 0.292 e. The number of nitrogens with zero attached hydrogens (tertiary/aromatic N) is 2. The van der Waals surface area contributed by atoms with E-state index in [2.05, 4.69) is 10.6 Å². The van der Waals surface area contributed by atoms with Crippen LogP contribution in [0.1, 0.15) is 25.7 Å². The minimum atomic E-state index is -0.370. The number of amides is 2. The molecule has 3 rings (SSSR count). The first-order valence-corrected chi connectivity index (χ1v) is 8.60. The van der Waals surface area contributed by atoms with Crippen molar-refractivity contribution in [2.45, 2.75) is 31.7 Å². The smallest absolute Gasteiger partial charge is 0.292 e. The SMILES string of the molecule is O=C1CC[C@H](NC(=O)C2CCN(c3ccccc3[N+](=O)[O-])CC2)CN1. The van der Waals surface area contributed by atoms with E-state index >= 15 is 0 Å². The van der Waals surface area contributed by atoms with Gasteiger partial charge < -0.3 is 15.5 Å². The van der Waals surface area contributed by atoms with Gasteiger partial charge in [0, 0.05) is 44.1 Å². The molecule has 1 atom stereocenters. The second kappa shape index (κ2) is 7.50. The van der Waals surface area contributed by atoms with Crippen LogP contribution < -0.4 is 15.5 Å². The third-order valence-electron chi connectivity index (χ3n) is 4.90. The molecule has 0 aliphatic carbocycles. The molecule has 25 heavy (non-hydrogen) atoms. The van der Waals surface area contributed by atoms with E-state index < -0.39 is 0 Å². The molecule has 0 spiro atoms. The molecule has 8 heteroatoms. The predicted octanol–water partition coefficient (Wildman–Crippen LogP) is 1.21.